The first kappa shape index (κ1) is 21.4. The predicted octanol–water partition coefficient (Wildman–Crippen LogP) is 3.96. The Morgan fingerprint density at radius 1 is 1.16 bits per heavy atom. The zero-order valence-electron chi connectivity index (χ0n) is 17.3. The van der Waals surface area contributed by atoms with Crippen molar-refractivity contribution in [1.82, 2.24) is 15.3 Å². The van der Waals surface area contributed by atoms with Crippen molar-refractivity contribution in [2.24, 2.45) is 0 Å². The Bertz CT molecular complexity index is 956. The lowest BCUT2D eigenvalue weighted by molar-refractivity contribution is -0.274. The van der Waals surface area contributed by atoms with Gasteiger partial charge in [0.2, 0.25) is 0 Å². The summed E-state index contributed by atoms with van der Waals surface area (Å²) < 4.78 is 41.2. The van der Waals surface area contributed by atoms with E-state index in [1.165, 1.54) is 23.8 Å². The molecule has 1 aromatic carbocycles. The van der Waals surface area contributed by atoms with Crippen LogP contribution in [0.5, 0.6) is 5.75 Å². The number of carbonyl (C=O) groups excluding carboxylic acids is 1. The molecule has 1 N–H and O–H groups in total. The van der Waals surface area contributed by atoms with Gasteiger partial charge in [-0.2, -0.15) is 0 Å². The molecule has 1 fully saturated rings. The van der Waals surface area contributed by atoms with E-state index in [0.717, 1.165) is 75.0 Å². The molecule has 31 heavy (non-hydrogen) atoms. The van der Waals surface area contributed by atoms with Crippen molar-refractivity contribution in [3.05, 3.63) is 46.9 Å². The molecule has 6 nitrogen and oxygen atoms in total. The van der Waals surface area contributed by atoms with Gasteiger partial charge in [0.15, 0.2) is 0 Å². The van der Waals surface area contributed by atoms with Crippen molar-refractivity contribution in [2.45, 2.75) is 57.9 Å². The second-order valence-corrected chi connectivity index (χ2v) is 8.04. The molecule has 0 spiro atoms. The van der Waals surface area contributed by atoms with E-state index >= 15 is 0 Å². The number of fused-ring (bicyclic) bond motifs is 1. The van der Waals surface area contributed by atoms with Crippen LogP contribution in [0, 0.1) is 6.92 Å². The summed E-state index contributed by atoms with van der Waals surface area (Å²) in [7, 11) is 0. The molecule has 1 aliphatic carbocycles. The number of hydrogen-bond donors (Lipinski definition) is 1. The van der Waals surface area contributed by atoms with Crippen LogP contribution in [0.1, 0.15) is 53.1 Å². The fourth-order valence-corrected chi connectivity index (χ4v) is 4.30. The van der Waals surface area contributed by atoms with Crippen molar-refractivity contribution in [1.29, 1.82) is 0 Å². The fraction of sp³-hybridized carbons (Fsp3) is 0.500. The standard InChI is InChI=1S/C22H25F3N4O2/c1-14-26-19-8-3-2-7-18(19)20(27-14)29-11-9-16(10-12-29)28-21(30)15-5-4-6-17(13-15)31-22(23,24)25/h4-6,13,16H,2-3,7-12H2,1H3,(H,28,30). The van der Waals surface area contributed by atoms with Crippen molar-refractivity contribution < 1.29 is 22.7 Å². The van der Waals surface area contributed by atoms with E-state index in [1.54, 1.807) is 0 Å². The summed E-state index contributed by atoms with van der Waals surface area (Å²) in [5.74, 6) is 0.996. The molecule has 1 saturated heterocycles. The normalized spacial score (nSPS) is 17.2. The van der Waals surface area contributed by atoms with Gasteiger partial charge >= 0.3 is 6.36 Å². The third-order valence-electron chi connectivity index (χ3n) is 5.73. The number of anilines is 1. The van der Waals surface area contributed by atoms with Crippen LogP contribution in [-0.4, -0.2) is 41.4 Å². The highest BCUT2D eigenvalue weighted by molar-refractivity contribution is 5.94. The van der Waals surface area contributed by atoms with Crippen molar-refractivity contribution >= 4 is 11.7 Å². The SMILES string of the molecule is Cc1nc2c(c(N3CCC(NC(=O)c4cccc(OC(F)(F)F)c4)CC3)n1)CCCC2. The molecule has 2 aliphatic rings. The maximum Gasteiger partial charge on any atom is 0.573 e. The Hall–Kier alpha value is -2.84. The largest absolute Gasteiger partial charge is 0.573 e. The predicted molar refractivity (Wildman–Crippen MR) is 109 cm³/mol. The maximum absolute atomic E-state index is 12.5. The van der Waals surface area contributed by atoms with Crippen LogP contribution in [0.25, 0.3) is 0 Å². The van der Waals surface area contributed by atoms with E-state index in [2.05, 4.69) is 19.9 Å². The van der Waals surface area contributed by atoms with Crippen LogP contribution >= 0.6 is 0 Å². The van der Waals surface area contributed by atoms with Crippen LogP contribution in [0.2, 0.25) is 0 Å². The number of rotatable bonds is 4. The van der Waals surface area contributed by atoms with Gasteiger partial charge in [0, 0.05) is 36.0 Å². The van der Waals surface area contributed by atoms with E-state index < -0.39 is 18.0 Å². The van der Waals surface area contributed by atoms with Gasteiger partial charge in [-0.1, -0.05) is 6.07 Å². The molecule has 2 heterocycles. The minimum atomic E-state index is -4.79. The summed E-state index contributed by atoms with van der Waals surface area (Å²) in [6, 6.07) is 5.08. The molecule has 9 heteroatoms. The highest BCUT2D eigenvalue weighted by Gasteiger charge is 2.31. The molecule has 2 aromatic rings. The van der Waals surface area contributed by atoms with Gasteiger partial charge in [0.1, 0.15) is 17.4 Å². The fourth-order valence-electron chi connectivity index (χ4n) is 4.30. The van der Waals surface area contributed by atoms with Gasteiger partial charge < -0.3 is 15.0 Å². The van der Waals surface area contributed by atoms with Gasteiger partial charge in [0.25, 0.3) is 5.91 Å². The van der Waals surface area contributed by atoms with Gasteiger partial charge in [-0.05, 0) is 63.6 Å². The highest BCUT2D eigenvalue weighted by Crippen LogP contribution is 2.30. The smallest absolute Gasteiger partial charge is 0.406 e. The molecule has 1 aliphatic heterocycles. The number of nitrogens with zero attached hydrogens (tertiary/aromatic N) is 3. The summed E-state index contributed by atoms with van der Waals surface area (Å²) in [6.45, 7) is 3.43. The lowest BCUT2D eigenvalue weighted by Crippen LogP contribution is -2.45. The number of piperidine rings is 1. The molecular formula is C22H25F3N4O2. The number of ether oxygens (including phenoxy) is 1. The third kappa shape index (κ3) is 5.26. The number of benzene rings is 1. The Labute approximate surface area is 178 Å². The molecule has 0 radical (unpaired) electrons. The van der Waals surface area contributed by atoms with Crippen LogP contribution < -0.4 is 15.0 Å². The molecule has 0 bridgehead atoms. The highest BCUT2D eigenvalue weighted by atomic mass is 19.4. The summed E-state index contributed by atoms with van der Waals surface area (Å²) in [5, 5.41) is 2.94. The number of aryl methyl sites for hydroxylation is 2. The molecule has 1 amide bonds. The maximum atomic E-state index is 12.5. The number of amides is 1. The van der Waals surface area contributed by atoms with Crippen molar-refractivity contribution in [3.63, 3.8) is 0 Å². The van der Waals surface area contributed by atoms with Crippen molar-refractivity contribution in [3.8, 4) is 5.75 Å². The van der Waals surface area contributed by atoms with E-state index in [0.29, 0.717) is 0 Å². The molecule has 0 unspecified atom stereocenters. The van der Waals surface area contributed by atoms with Crippen LogP contribution in [-0.2, 0) is 12.8 Å². The molecule has 4 rings (SSSR count). The number of carbonyl (C=O) groups is 1. The van der Waals surface area contributed by atoms with Gasteiger partial charge in [0.05, 0.1) is 0 Å². The number of aromatic nitrogens is 2. The van der Waals surface area contributed by atoms with Crippen LogP contribution in [0.3, 0.4) is 0 Å². The molecule has 0 saturated carbocycles. The third-order valence-corrected chi connectivity index (χ3v) is 5.73. The summed E-state index contributed by atoms with van der Waals surface area (Å²) in [6.07, 6.45) is 0.987. The number of nitrogens with one attached hydrogen (secondary N) is 1. The van der Waals surface area contributed by atoms with E-state index in [4.69, 9.17) is 4.98 Å². The number of halogens is 3. The average Bonchev–Trinajstić information content (AvgIpc) is 2.72. The lowest BCUT2D eigenvalue weighted by atomic mass is 9.95. The zero-order chi connectivity index (χ0) is 22.0. The zero-order valence-corrected chi connectivity index (χ0v) is 17.3. The topological polar surface area (TPSA) is 67.4 Å². The van der Waals surface area contributed by atoms with E-state index in [-0.39, 0.29) is 11.6 Å². The minimum absolute atomic E-state index is 0.0466. The van der Waals surface area contributed by atoms with Crippen molar-refractivity contribution in [2.75, 3.05) is 18.0 Å². The molecule has 1 aromatic heterocycles. The first-order chi connectivity index (χ1) is 14.8. The second kappa shape index (κ2) is 8.72. The molecular weight excluding hydrogens is 409 g/mol. The minimum Gasteiger partial charge on any atom is -0.406 e. The molecule has 0 atom stereocenters. The van der Waals surface area contributed by atoms with E-state index in [1.807, 2.05) is 6.92 Å². The van der Waals surface area contributed by atoms with Gasteiger partial charge in [-0.3, -0.25) is 4.79 Å². The Balaban J connectivity index is 1.37. The monoisotopic (exact) mass is 434 g/mol. The first-order valence-electron chi connectivity index (χ1n) is 10.6. The summed E-state index contributed by atoms with van der Waals surface area (Å²) in [4.78, 5) is 24.1. The quantitative estimate of drug-likeness (QED) is 0.789. The van der Waals surface area contributed by atoms with Gasteiger partial charge in [-0.15, -0.1) is 13.2 Å². The Morgan fingerprint density at radius 3 is 2.65 bits per heavy atom. The summed E-state index contributed by atoms with van der Waals surface area (Å²) >= 11 is 0. The molecule has 166 valence electrons. The lowest BCUT2D eigenvalue weighted by Gasteiger charge is -2.35. The Kier molecular flexibility index (Phi) is 6.02. The van der Waals surface area contributed by atoms with E-state index in [9.17, 15) is 18.0 Å². The van der Waals surface area contributed by atoms with Crippen LogP contribution in [0.15, 0.2) is 24.3 Å². The number of alkyl halides is 3. The summed E-state index contributed by atoms with van der Waals surface area (Å²) in [5.41, 5.74) is 2.55. The first-order valence-corrected chi connectivity index (χ1v) is 10.6. The second-order valence-electron chi connectivity index (χ2n) is 8.04. The van der Waals surface area contributed by atoms with Crippen LogP contribution in [0.4, 0.5) is 19.0 Å². The average molecular weight is 434 g/mol. The Morgan fingerprint density at radius 2 is 1.90 bits per heavy atom. The van der Waals surface area contributed by atoms with Gasteiger partial charge in [-0.25, -0.2) is 9.97 Å². The number of hydrogen-bond acceptors (Lipinski definition) is 5.